The molecule has 18 heavy (non-hydrogen) atoms. The molecule has 2 amide bonds. The van der Waals surface area contributed by atoms with Gasteiger partial charge in [0.2, 0.25) is 0 Å². The Kier molecular flexibility index (Phi) is 5.37. The number of benzene rings is 1. The average molecular weight is 250 g/mol. The van der Waals surface area contributed by atoms with Crippen LogP contribution in [0.2, 0.25) is 0 Å². The topological polar surface area (TPSA) is 95.5 Å². The second-order valence-corrected chi connectivity index (χ2v) is 3.62. The van der Waals surface area contributed by atoms with Gasteiger partial charge in [0.05, 0.1) is 0 Å². The molecule has 6 nitrogen and oxygen atoms in total. The molecule has 0 aliphatic heterocycles. The predicted octanol–water partition coefficient (Wildman–Crippen LogP) is 1.49. The van der Waals surface area contributed by atoms with E-state index >= 15 is 0 Å². The molecular weight excluding hydrogens is 236 g/mol. The number of carboxylic acids is 1. The van der Waals surface area contributed by atoms with Crippen molar-refractivity contribution in [3.05, 3.63) is 29.8 Å². The second kappa shape index (κ2) is 7.05. The van der Waals surface area contributed by atoms with E-state index in [9.17, 15) is 14.4 Å². The van der Waals surface area contributed by atoms with Gasteiger partial charge in [-0.2, -0.15) is 0 Å². The molecule has 0 aliphatic carbocycles. The maximum absolute atomic E-state index is 11.4. The van der Waals surface area contributed by atoms with Crippen molar-refractivity contribution in [2.24, 2.45) is 0 Å². The van der Waals surface area contributed by atoms with Gasteiger partial charge in [0, 0.05) is 24.2 Å². The van der Waals surface area contributed by atoms with E-state index in [1.165, 1.54) is 0 Å². The smallest absolute Gasteiger partial charge is 0.319 e. The molecule has 0 aromatic heterocycles. The molecule has 0 saturated carbocycles. The number of urea groups is 1. The summed E-state index contributed by atoms with van der Waals surface area (Å²) in [5, 5.41) is 13.5. The second-order valence-electron chi connectivity index (χ2n) is 3.62. The highest BCUT2D eigenvalue weighted by Crippen LogP contribution is 2.08. The lowest BCUT2D eigenvalue weighted by atomic mass is 10.2. The zero-order chi connectivity index (χ0) is 13.4. The standard InChI is InChI=1S/C12H14N2O4/c15-8-9-3-1-4-10(7-9)14-12(18)13-6-2-5-11(16)17/h1,3-4,7-8H,2,5-6H2,(H,16,17)(H2,13,14,18). The first-order valence-electron chi connectivity index (χ1n) is 5.43. The number of rotatable bonds is 6. The number of nitrogens with one attached hydrogen (secondary N) is 2. The number of anilines is 1. The first-order chi connectivity index (χ1) is 8.61. The highest BCUT2D eigenvalue weighted by molar-refractivity contribution is 5.90. The fraction of sp³-hybridized carbons (Fsp3) is 0.250. The van der Waals surface area contributed by atoms with Crippen LogP contribution < -0.4 is 10.6 Å². The minimum Gasteiger partial charge on any atom is -0.481 e. The van der Waals surface area contributed by atoms with Crippen LogP contribution in [0.3, 0.4) is 0 Å². The van der Waals surface area contributed by atoms with Crippen molar-refractivity contribution in [2.45, 2.75) is 12.8 Å². The van der Waals surface area contributed by atoms with E-state index in [1.54, 1.807) is 24.3 Å². The largest absolute Gasteiger partial charge is 0.481 e. The zero-order valence-corrected chi connectivity index (χ0v) is 9.68. The van der Waals surface area contributed by atoms with Crippen LogP contribution in [0.15, 0.2) is 24.3 Å². The summed E-state index contributed by atoms with van der Waals surface area (Å²) in [5.41, 5.74) is 0.981. The maximum Gasteiger partial charge on any atom is 0.319 e. The van der Waals surface area contributed by atoms with Gasteiger partial charge in [-0.25, -0.2) is 4.79 Å². The number of aliphatic carboxylic acids is 1. The Morgan fingerprint density at radius 2 is 2.11 bits per heavy atom. The van der Waals surface area contributed by atoms with Gasteiger partial charge in [-0.3, -0.25) is 9.59 Å². The van der Waals surface area contributed by atoms with Crippen molar-refractivity contribution in [1.82, 2.24) is 5.32 Å². The van der Waals surface area contributed by atoms with Crippen molar-refractivity contribution >= 4 is 24.0 Å². The van der Waals surface area contributed by atoms with E-state index in [0.29, 0.717) is 24.0 Å². The monoisotopic (exact) mass is 250 g/mol. The summed E-state index contributed by atoms with van der Waals surface area (Å²) < 4.78 is 0. The SMILES string of the molecule is O=Cc1cccc(NC(=O)NCCCC(=O)O)c1. The lowest BCUT2D eigenvalue weighted by Crippen LogP contribution is -2.29. The molecule has 0 unspecified atom stereocenters. The third-order valence-electron chi connectivity index (χ3n) is 2.13. The Bertz CT molecular complexity index is 445. The van der Waals surface area contributed by atoms with Crippen LogP contribution in [0.1, 0.15) is 23.2 Å². The molecule has 0 spiro atoms. The van der Waals surface area contributed by atoms with Crippen molar-refractivity contribution in [2.75, 3.05) is 11.9 Å². The van der Waals surface area contributed by atoms with Crippen LogP contribution >= 0.6 is 0 Å². The number of hydrogen-bond donors (Lipinski definition) is 3. The third-order valence-corrected chi connectivity index (χ3v) is 2.13. The fourth-order valence-electron chi connectivity index (χ4n) is 1.31. The lowest BCUT2D eigenvalue weighted by Gasteiger charge is -2.07. The molecule has 1 rings (SSSR count). The van der Waals surface area contributed by atoms with Gasteiger partial charge < -0.3 is 15.7 Å². The van der Waals surface area contributed by atoms with Gasteiger partial charge >= 0.3 is 12.0 Å². The summed E-state index contributed by atoms with van der Waals surface area (Å²) in [7, 11) is 0. The number of hydrogen-bond acceptors (Lipinski definition) is 3. The molecule has 0 saturated heterocycles. The van der Waals surface area contributed by atoms with Crippen LogP contribution in [0.25, 0.3) is 0 Å². The van der Waals surface area contributed by atoms with E-state index in [-0.39, 0.29) is 13.0 Å². The number of carbonyl (C=O) groups excluding carboxylic acids is 2. The Morgan fingerprint density at radius 3 is 2.78 bits per heavy atom. The van der Waals surface area contributed by atoms with Crippen molar-refractivity contribution < 1.29 is 19.5 Å². The van der Waals surface area contributed by atoms with Crippen LogP contribution in [0.5, 0.6) is 0 Å². The van der Waals surface area contributed by atoms with Gasteiger partial charge in [0.25, 0.3) is 0 Å². The van der Waals surface area contributed by atoms with Crippen LogP contribution in [0.4, 0.5) is 10.5 Å². The fourth-order valence-corrected chi connectivity index (χ4v) is 1.31. The molecule has 0 atom stereocenters. The summed E-state index contributed by atoms with van der Waals surface area (Å²) in [4.78, 5) is 32.2. The third kappa shape index (κ3) is 5.11. The first-order valence-corrected chi connectivity index (χ1v) is 5.43. The molecule has 3 N–H and O–H groups in total. The molecule has 6 heteroatoms. The van der Waals surface area contributed by atoms with Gasteiger partial charge in [0.1, 0.15) is 6.29 Å². The van der Waals surface area contributed by atoms with Crippen molar-refractivity contribution in [3.63, 3.8) is 0 Å². The van der Waals surface area contributed by atoms with Crippen LogP contribution in [-0.4, -0.2) is 29.9 Å². The highest BCUT2D eigenvalue weighted by Gasteiger charge is 2.02. The highest BCUT2D eigenvalue weighted by atomic mass is 16.4. The summed E-state index contributed by atoms with van der Waals surface area (Å²) in [6.45, 7) is 0.283. The van der Waals surface area contributed by atoms with Gasteiger partial charge in [-0.1, -0.05) is 12.1 Å². The Morgan fingerprint density at radius 1 is 1.33 bits per heavy atom. The number of carbonyl (C=O) groups is 3. The number of carboxylic acid groups (broad SMARTS) is 1. The van der Waals surface area contributed by atoms with Gasteiger partial charge in [-0.05, 0) is 18.6 Å². The predicted molar refractivity (Wildman–Crippen MR) is 65.7 cm³/mol. The lowest BCUT2D eigenvalue weighted by molar-refractivity contribution is -0.137. The van der Waals surface area contributed by atoms with E-state index < -0.39 is 12.0 Å². The van der Waals surface area contributed by atoms with Gasteiger partial charge in [0.15, 0.2) is 0 Å². The minimum atomic E-state index is -0.893. The molecule has 0 radical (unpaired) electrons. The Hall–Kier alpha value is -2.37. The zero-order valence-electron chi connectivity index (χ0n) is 9.68. The molecule has 0 heterocycles. The molecule has 1 aromatic carbocycles. The van der Waals surface area contributed by atoms with Gasteiger partial charge in [-0.15, -0.1) is 0 Å². The summed E-state index contributed by atoms with van der Waals surface area (Å²) in [5.74, 6) is -0.893. The molecule has 96 valence electrons. The summed E-state index contributed by atoms with van der Waals surface area (Å²) in [6, 6.07) is 6.06. The molecule has 1 aromatic rings. The summed E-state index contributed by atoms with van der Waals surface area (Å²) >= 11 is 0. The number of aldehydes is 1. The van der Waals surface area contributed by atoms with Crippen molar-refractivity contribution in [1.29, 1.82) is 0 Å². The molecule has 0 bridgehead atoms. The minimum absolute atomic E-state index is 0.0148. The first kappa shape index (κ1) is 13.7. The molecular formula is C12H14N2O4. The van der Waals surface area contributed by atoms with E-state index in [0.717, 1.165) is 0 Å². The van der Waals surface area contributed by atoms with E-state index in [2.05, 4.69) is 10.6 Å². The average Bonchev–Trinajstić information content (AvgIpc) is 2.34. The van der Waals surface area contributed by atoms with Crippen LogP contribution in [0, 0.1) is 0 Å². The quantitative estimate of drug-likeness (QED) is 0.526. The van der Waals surface area contributed by atoms with E-state index in [1.807, 2.05) is 0 Å². The Labute approximate surface area is 104 Å². The maximum atomic E-state index is 11.4. The molecule has 0 fully saturated rings. The van der Waals surface area contributed by atoms with E-state index in [4.69, 9.17) is 5.11 Å². The normalized spacial score (nSPS) is 9.56. The van der Waals surface area contributed by atoms with Crippen molar-refractivity contribution in [3.8, 4) is 0 Å². The van der Waals surface area contributed by atoms with Crippen LogP contribution in [-0.2, 0) is 4.79 Å². The summed E-state index contributed by atoms with van der Waals surface area (Å²) in [6.07, 6.45) is 1.08. The Balaban J connectivity index is 2.35. The molecule has 0 aliphatic rings. The number of amides is 2.